The van der Waals surface area contributed by atoms with Crippen molar-refractivity contribution in [2.45, 2.75) is 39.7 Å². The molecule has 1 aromatic rings. The van der Waals surface area contributed by atoms with Crippen LogP contribution in [0.3, 0.4) is 0 Å². The Balaban J connectivity index is 2.84. The van der Waals surface area contributed by atoms with Crippen molar-refractivity contribution in [3.63, 3.8) is 0 Å². The number of likely N-dealkylation sites (N-methyl/N-ethyl adjacent to an activating group) is 1. The lowest BCUT2D eigenvalue weighted by molar-refractivity contribution is -0.122. The molecule has 1 rings (SSSR count). The zero-order chi connectivity index (χ0) is 15.3. The van der Waals surface area contributed by atoms with Gasteiger partial charge in [0.05, 0.1) is 0 Å². The number of rotatable bonds is 5. The number of pyridine rings is 1. The minimum Gasteiger partial charge on any atom is -0.355 e. The van der Waals surface area contributed by atoms with E-state index in [1.807, 2.05) is 20.8 Å². The van der Waals surface area contributed by atoms with Gasteiger partial charge in [-0.3, -0.25) is 9.59 Å². The van der Waals surface area contributed by atoms with Crippen molar-refractivity contribution in [3.05, 3.63) is 28.5 Å². The molecule has 1 aromatic heterocycles. The van der Waals surface area contributed by atoms with Gasteiger partial charge in [0.1, 0.15) is 11.2 Å². The second-order valence-electron chi connectivity index (χ2n) is 4.85. The second-order valence-corrected chi connectivity index (χ2v) is 5.24. The summed E-state index contributed by atoms with van der Waals surface area (Å²) in [6.45, 7) is 7.92. The number of hydrogen-bond acceptors (Lipinski definition) is 3. The lowest BCUT2D eigenvalue weighted by Crippen LogP contribution is -2.44. The Labute approximate surface area is 124 Å². The molecule has 6 heteroatoms. The summed E-state index contributed by atoms with van der Waals surface area (Å²) in [4.78, 5) is 27.9. The highest BCUT2D eigenvalue weighted by Gasteiger charge is 2.17. The standard InChI is InChI=1S/C14H20ClN3O2/c1-5-16-13(19)9(4)17-14(20)10-6-11(8(2)3)18-12(15)7-10/h6-9H,5H2,1-4H3,(H,16,19)(H,17,20). The monoisotopic (exact) mass is 297 g/mol. The van der Waals surface area contributed by atoms with Crippen LogP contribution in [0.4, 0.5) is 0 Å². The van der Waals surface area contributed by atoms with Gasteiger partial charge in [0.2, 0.25) is 5.91 Å². The normalized spacial score (nSPS) is 12.1. The molecule has 2 amide bonds. The van der Waals surface area contributed by atoms with Crippen LogP contribution in [-0.4, -0.2) is 29.4 Å². The Morgan fingerprint density at radius 3 is 2.50 bits per heavy atom. The summed E-state index contributed by atoms with van der Waals surface area (Å²) >= 11 is 5.92. The number of hydrogen-bond donors (Lipinski definition) is 2. The van der Waals surface area contributed by atoms with E-state index < -0.39 is 6.04 Å². The van der Waals surface area contributed by atoms with Crippen LogP contribution >= 0.6 is 11.6 Å². The molecule has 0 spiro atoms. The van der Waals surface area contributed by atoms with E-state index in [2.05, 4.69) is 15.6 Å². The highest BCUT2D eigenvalue weighted by atomic mass is 35.5. The van der Waals surface area contributed by atoms with Gasteiger partial charge >= 0.3 is 0 Å². The summed E-state index contributed by atoms with van der Waals surface area (Å²) in [6, 6.07) is 2.58. The number of carbonyl (C=O) groups is 2. The summed E-state index contributed by atoms with van der Waals surface area (Å²) in [5, 5.41) is 5.56. The van der Waals surface area contributed by atoms with E-state index in [9.17, 15) is 9.59 Å². The van der Waals surface area contributed by atoms with Gasteiger partial charge in [-0.15, -0.1) is 0 Å². The van der Waals surface area contributed by atoms with Crippen LogP contribution in [0.2, 0.25) is 5.15 Å². The number of aromatic nitrogens is 1. The van der Waals surface area contributed by atoms with Crippen molar-refractivity contribution in [2.24, 2.45) is 0 Å². The molecule has 1 atom stereocenters. The van der Waals surface area contributed by atoms with Gasteiger partial charge in [-0.1, -0.05) is 25.4 Å². The van der Waals surface area contributed by atoms with E-state index >= 15 is 0 Å². The minimum atomic E-state index is -0.600. The molecule has 0 aliphatic rings. The fraction of sp³-hybridized carbons (Fsp3) is 0.500. The van der Waals surface area contributed by atoms with Gasteiger partial charge in [0.25, 0.3) is 5.91 Å². The maximum atomic E-state index is 12.1. The fourth-order valence-corrected chi connectivity index (χ4v) is 1.83. The molecule has 0 aliphatic carbocycles. The Kier molecular flexibility index (Phi) is 5.95. The Bertz CT molecular complexity index is 503. The number of halogens is 1. The Hall–Kier alpha value is -1.62. The van der Waals surface area contributed by atoms with Crippen molar-refractivity contribution in [1.82, 2.24) is 15.6 Å². The predicted octanol–water partition coefficient (Wildman–Crippen LogP) is 2.11. The maximum absolute atomic E-state index is 12.1. The number of nitrogens with one attached hydrogen (secondary N) is 2. The molecule has 20 heavy (non-hydrogen) atoms. The Morgan fingerprint density at radius 2 is 1.95 bits per heavy atom. The average Bonchev–Trinajstić information content (AvgIpc) is 2.37. The average molecular weight is 298 g/mol. The molecule has 0 fully saturated rings. The minimum absolute atomic E-state index is 0.168. The lowest BCUT2D eigenvalue weighted by Gasteiger charge is -2.14. The molecule has 0 aliphatic heterocycles. The van der Waals surface area contributed by atoms with E-state index in [0.717, 1.165) is 5.69 Å². The molecule has 1 heterocycles. The first kappa shape index (κ1) is 16.4. The van der Waals surface area contributed by atoms with Crippen molar-refractivity contribution >= 4 is 23.4 Å². The molecule has 110 valence electrons. The number of carbonyl (C=O) groups excluding carboxylic acids is 2. The van der Waals surface area contributed by atoms with Crippen LogP contribution in [0, 0.1) is 0 Å². The zero-order valence-electron chi connectivity index (χ0n) is 12.2. The van der Waals surface area contributed by atoms with E-state index in [0.29, 0.717) is 12.1 Å². The summed E-state index contributed by atoms with van der Waals surface area (Å²) in [7, 11) is 0. The third-order valence-corrected chi connectivity index (χ3v) is 2.95. The van der Waals surface area contributed by atoms with Gasteiger partial charge in [-0.2, -0.15) is 0 Å². The van der Waals surface area contributed by atoms with Gasteiger partial charge in [-0.05, 0) is 31.9 Å². The Morgan fingerprint density at radius 1 is 1.30 bits per heavy atom. The van der Waals surface area contributed by atoms with Gasteiger partial charge in [-0.25, -0.2) is 4.98 Å². The molecule has 0 radical (unpaired) electrons. The summed E-state index contributed by atoms with van der Waals surface area (Å²) in [5.41, 5.74) is 1.15. The first-order valence-corrected chi connectivity index (χ1v) is 6.99. The molecule has 0 saturated carbocycles. The highest BCUT2D eigenvalue weighted by Crippen LogP contribution is 2.17. The zero-order valence-corrected chi connectivity index (χ0v) is 12.9. The van der Waals surface area contributed by atoms with E-state index in [1.54, 1.807) is 13.0 Å². The van der Waals surface area contributed by atoms with Crippen LogP contribution in [0.5, 0.6) is 0 Å². The van der Waals surface area contributed by atoms with Crippen molar-refractivity contribution < 1.29 is 9.59 Å². The molecule has 5 nitrogen and oxygen atoms in total. The van der Waals surface area contributed by atoms with Crippen molar-refractivity contribution in [2.75, 3.05) is 6.54 Å². The molecular weight excluding hydrogens is 278 g/mol. The topological polar surface area (TPSA) is 71.1 Å². The molecule has 2 N–H and O–H groups in total. The third-order valence-electron chi connectivity index (χ3n) is 2.76. The largest absolute Gasteiger partial charge is 0.355 e. The molecule has 0 bridgehead atoms. The van der Waals surface area contributed by atoms with Gasteiger partial charge in [0.15, 0.2) is 0 Å². The van der Waals surface area contributed by atoms with E-state index in [4.69, 9.17) is 11.6 Å². The lowest BCUT2D eigenvalue weighted by atomic mass is 10.1. The first-order valence-electron chi connectivity index (χ1n) is 6.61. The van der Waals surface area contributed by atoms with Crippen LogP contribution in [-0.2, 0) is 4.79 Å². The van der Waals surface area contributed by atoms with Crippen molar-refractivity contribution in [1.29, 1.82) is 0 Å². The summed E-state index contributed by atoms with van der Waals surface area (Å²) < 4.78 is 0. The van der Waals surface area contributed by atoms with Crippen LogP contribution in [0.1, 0.15) is 49.7 Å². The van der Waals surface area contributed by atoms with Crippen LogP contribution < -0.4 is 10.6 Å². The van der Waals surface area contributed by atoms with E-state index in [1.165, 1.54) is 6.07 Å². The first-order chi connectivity index (χ1) is 9.35. The molecular formula is C14H20ClN3O2. The number of nitrogens with zero attached hydrogens (tertiary/aromatic N) is 1. The fourth-order valence-electron chi connectivity index (χ4n) is 1.62. The van der Waals surface area contributed by atoms with Crippen LogP contribution in [0.25, 0.3) is 0 Å². The third kappa shape index (κ3) is 4.49. The second kappa shape index (κ2) is 7.24. The number of amides is 2. The molecule has 0 aromatic carbocycles. The SMILES string of the molecule is CCNC(=O)C(C)NC(=O)c1cc(Cl)nc(C(C)C)c1. The predicted molar refractivity (Wildman–Crippen MR) is 78.9 cm³/mol. The van der Waals surface area contributed by atoms with Crippen LogP contribution in [0.15, 0.2) is 12.1 Å². The quantitative estimate of drug-likeness (QED) is 0.818. The summed E-state index contributed by atoms with van der Waals surface area (Å²) in [6.07, 6.45) is 0. The highest BCUT2D eigenvalue weighted by molar-refractivity contribution is 6.29. The molecule has 1 unspecified atom stereocenters. The van der Waals surface area contributed by atoms with Crippen molar-refractivity contribution in [3.8, 4) is 0 Å². The van der Waals surface area contributed by atoms with Gasteiger partial charge in [0, 0.05) is 17.8 Å². The van der Waals surface area contributed by atoms with E-state index in [-0.39, 0.29) is 22.9 Å². The summed E-state index contributed by atoms with van der Waals surface area (Å²) in [5.74, 6) is -0.388. The smallest absolute Gasteiger partial charge is 0.252 e. The molecule has 0 saturated heterocycles. The van der Waals surface area contributed by atoms with Gasteiger partial charge < -0.3 is 10.6 Å². The maximum Gasteiger partial charge on any atom is 0.252 e.